The highest BCUT2D eigenvalue weighted by Gasteiger charge is 2.26. The second-order valence-electron chi connectivity index (χ2n) is 8.29. The summed E-state index contributed by atoms with van der Waals surface area (Å²) in [4.78, 5) is 35.5. The summed E-state index contributed by atoms with van der Waals surface area (Å²) in [5.41, 5.74) is 2.00. The summed E-state index contributed by atoms with van der Waals surface area (Å²) >= 11 is 1.23. The molecular formula is C24H28N6O4S. The monoisotopic (exact) mass is 496 g/mol. The molecule has 3 aromatic rings. The third-order valence-corrected chi connectivity index (χ3v) is 6.23. The lowest BCUT2D eigenvalue weighted by atomic mass is 10.0. The van der Waals surface area contributed by atoms with Crippen molar-refractivity contribution < 1.29 is 14.5 Å². The summed E-state index contributed by atoms with van der Waals surface area (Å²) in [5, 5.41) is 25.7. The van der Waals surface area contributed by atoms with Crippen molar-refractivity contribution in [3.05, 3.63) is 75.6 Å². The minimum atomic E-state index is -0.496. The van der Waals surface area contributed by atoms with Gasteiger partial charge >= 0.3 is 0 Å². The molecule has 0 spiro atoms. The number of aromatic nitrogens is 3. The van der Waals surface area contributed by atoms with E-state index < -0.39 is 4.92 Å². The molecule has 11 heteroatoms. The Hall–Kier alpha value is -3.73. The van der Waals surface area contributed by atoms with Crippen LogP contribution in [0.3, 0.4) is 0 Å². The number of nitrogens with one attached hydrogen (secondary N) is 2. The van der Waals surface area contributed by atoms with E-state index in [-0.39, 0.29) is 35.2 Å². The average Bonchev–Trinajstić information content (AvgIpc) is 3.23. The molecule has 10 nitrogen and oxygen atoms in total. The van der Waals surface area contributed by atoms with E-state index in [0.717, 1.165) is 5.56 Å². The van der Waals surface area contributed by atoms with Gasteiger partial charge in [0.15, 0.2) is 11.0 Å². The molecule has 0 aliphatic carbocycles. The van der Waals surface area contributed by atoms with Gasteiger partial charge in [0.05, 0.1) is 16.7 Å². The number of aryl methyl sites for hydroxylation is 1. The normalized spacial score (nSPS) is 11.8. The van der Waals surface area contributed by atoms with Crippen LogP contribution >= 0.6 is 11.8 Å². The maximum absolute atomic E-state index is 12.9. The van der Waals surface area contributed by atoms with Gasteiger partial charge in [-0.3, -0.25) is 19.7 Å². The van der Waals surface area contributed by atoms with Crippen LogP contribution in [0.4, 0.5) is 11.4 Å². The Labute approximate surface area is 207 Å². The lowest BCUT2D eigenvalue weighted by Gasteiger charge is -2.22. The highest BCUT2D eigenvalue weighted by Crippen LogP contribution is 2.26. The lowest BCUT2D eigenvalue weighted by Crippen LogP contribution is -2.33. The number of carbonyl (C=O) groups excluding carboxylic acids is 2. The summed E-state index contributed by atoms with van der Waals surface area (Å²) in [6.45, 7) is 8.46. The molecule has 1 heterocycles. The van der Waals surface area contributed by atoms with E-state index in [4.69, 9.17) is 0 Å². The number of carbonyl (C=O) groups is 2. The first-order valence-electron chi connectivity index (χ1n) is 11.2. The van der Waals surface area contributed by atoms with Crippen LogP contribution in [-0.4, -0.2) is 37.3 Å². The molecule has 1 atom stereocenters. The lowest BCUT2D eigenvalue weighted by molar-refractivity contribution is -0.384. The van der Waals surface area contributed by atoms with Gasteiger partial charge in [-0.05, 0) is 44.0 Å². The molecule has 0 radical (unpaired) electrons. The van der Waals surface area contributed by atoms with Gasteiger partial charge in [-0.25, -0.2) is 0 Å². The smallest absolute Gasteiger partial charge is 0.269 e. The standard InChI is InChI=1S/C24H28N6O4S/c1-5-29-22(21(15(2)3)26-23(32)17-8-6-7-16(4)13-17)27-28-24(29)35-14-20(31)25-18-9-11-19(12-10-18)30(33)34/h6-13,15,21H,5,14H2,1-4H3,(H,25,31)(H,26,32)/t21-/m0/s1. The van der Waals surface area contributed by atoms with Crippen LogP contribution in [-0.2, 0) is 11.3 Å². The van der Waals surface area contributed by atoms with Gasteiger partial charge in [-0.2, -0.15) is 0 Å². The molecule has 0 saturated carbocycles. The largest absolute Gasteiger partial charge is 0.342 e. The van der Waals surface area contributed by atoms with E-state index >= 15 is 0 Å². The fourth-order valence-corrected chi connectivity index (χ4v) is 4.28. The van der Waals surface area contributed by atoms with Crippen molar-refractivity contribution in [2.24, 2.45) is 5.92 Å². The third kappa shape index (κ3) is 6.66. The van der Waals surface area contributed by atoms with Gasteiger partial charge < -0.3 is 15.2 Å². The van der Waals surface area contributed by atoms with E-state index in [9.17, 15) is 19.7 Å². The Morgan fingerprint density at radius 2 is 1.86 bits per heavy atom. The summed E-state index contributed by atoms with van der Waals surface area (Å²) in [7, 11) is 0. The summed E-state index contributed by atoms with van der Waals surface area (Å²) in [6, 6.07) is 12.7. The number of nitrogens with zero attached hydrogens (tertiary/aromatic N) is 4. The van der Waals surface area contributed by atoms with Crippen LogP contribution in [0.1, 0.15) is 48.6 Å². The predicted octanol–water partition coefficient (Wildman–Crippen LogP) is 4.37. The molecule has 3 rings (SSSR count). The van der Waals surface area contributed by atoms with Crippen LogP contribution in [0.2, 0.25) is 0 Å². The zero-order valence-corrected chi connectivity index (χ0v) is 20.8. The topological polar surface area (TPSA) is 132 Å². The number of benzene rings is 2. The van der Waals surface area contributed by atoms with Gasteiger partial charge in [-0.1, -0.05) is 43.3 Å². The highest BCUT2D eigenvalue weighted by molar-refractivity contribution is 7.99. The zero-order valence-electron chi connectivity index (χ0n) is 20.0. The third-order valence-electron chi connectivity index (χ3n) is 5.27. The molecule has 184 valence electrons. The SMILES string of the molecule is CCn1c(SCC(=O)Nc2ccc([N+](=O)[O-])cc2)nnc1[C@@H](NC(=O)c1cccc(C)c1)C(C)C. The number of non-ortho nitro benzene ring substituents is 1. The van der Waals surface area contributed by atoms with Gasteiger partial charge in [0, 0.05) is 29.9 Å². The van der Waals surface area contributed by atoms with Crippen molar-refractivity contribution in [2.45, 2.75) is 45.4 Å². The average molecular weight is 497 g/mol. The highest BCUT2D eigenvalue weighted by atomic mass is 32.2. The Morgan fingerprint density at radius 1 is 1.14 bits per heavy atom. The molecule has 0 fully saturated rings. The number of thioether (sulfide) groups is 1. The summed E-state index contributed by atoms with van der Waals surface area (Å²) in [5.74, 6) is 0.305. The first kappa shape index (κ1) is 25.9. The molecule has 1 aromatic heterocycles. The first-order valence-corrected chi connectivity index (χ1v) is 12.2. The van der Waals surface area contributed by atoms with Crippen LogP contribution in [0.5, 0.6) is 0 Å². The number of rotatable bonds is 10. The molecule has 2 amide bonds. The van der Waals surface area contributed by atoms with Crippen LogP contribution < -0.4 is 10.6 Å². The number of hydrogen-bond donors (Lipinski definition) is 2. The van der Waals surface area contributed by atoms with E-state index in [1.807, 2.05) is 50.5 Å². The van der Waals surface area contributed by atoms with E-state index in [1.54, 1.807) is 6.07 Å². The molecule has 0 unspecified atom stereocenters. The van der Waals surface area contributed by atoms with Gasteiger partial charge in [0.1, 0.15) is 0 Å². The van der Waals surface area contributed by atoms with E-state index in [0.29, 0.717) is 28.8 Å². The fourth-order valence-electron chi connectivity index (χ4n) is 3.47. The molecule has 0 saturated heterocycles. The van der Waals surface area contributed by atoms with Gasteiger partial charge in [0.25, 0.3) is 11.6 Å². The molecule has 35 heavy (non-hydrogen) atoms. The minimum Gasteiger partial charge on any atom is -0.342 e. The Kier molecular flexibility index (Phi) is 8.58. The van der Waals surface area contributed by atoms with Crippen LogP contribution in [0.15, 0.2) is 53.7 Å². The molecule has 0 aliphatic heterocycles. The number of amides is 2. The maximum Gasteiger partial charge on any atom is 0.269 e. The van der Waals surface area contributed by atoms with Crippen molar-refractivity contribution in [1.29, 1.82) is 0 Å². The fraction of sp³-hybridized carbons (Fsp3) is 0.333. The van der Waals surface area contributed by atoms with E-state index in [2.05, 4.69) is 20.8 Å². The summed E-state index contributed by atoms with van der Waals surface area (Å²) in [6.07, 6.45) is 0. The second kappa shape index (κ2) is 11.6. The molecule has 0 bridgehead atoms. The van der Waals surface area contributed by atoms with Crippen molar-refractivity contribution in [1.82, 2.24) is 20.1 Å². The number of anilines is 1. The summed E-state index contributed by atoms with van der Waals surface area (Å²) < 4.78 is 1.89. The Morgan fingerprint density at radius 3 is 2.46 bits per heavy atom. The Bertz CT molecular complexity index is 1210. The molecular weight excluding hydrogens is 468 g/mol. The predicted molar refractivity (Wildman–Crippen MR) is 134 cm³/mol. The van der Waals surface area contributed by atoms with Crippen LogP contribution in [0.25, 0.3) is 0 Å². The molecule has 2 N–H and O–H groups in total. The Balaban J connectivity index is 1.68. The zero-order chi connectivity index (χ0) is 25.5. The minimum absolute atomic E-state index is 0.0462. The van der Waals surface area contributed by atoms with Crippen molar-refractivity contribution in [3.8, 4) is 0 Å². The number of nitro groups is 1. The van der Waals surface area contributed by atoms with E-state index in [1.165, 1.54) is 36.0 Å². The molecule has 0 aliphatic rings. The van der Waals surface area contributed by atoms with Gasteiger partial charge in [0.2, 0.25) is 5.91 Å². The number of hydrogen-bond acceptors (Lipinski definition) is 7. The second-order valence-corrected chi connectivity index (χ2v) is 9.23. The number of nitro benzene ring substituents is 1. The molecule has 2 aromatic carbocycles. The van der Waals surface area contributed by atoms with Crippen molar-refractivity contribution in [3.63, 3.8) is 0 Å². The van der Waals surface area contributed by atoms with Crippen LogP contribution in [0, 0.1) is 23.0 Å². The maximum atomic E-state index is 12.9. The first-order chi connectivity index (χ1) is 16.7. The van der Waals surface area contributed by atoms with Gasteiger partial charge in [-0.15, -0.1) is 10.2 Å². The van der Waals surface area contributed by atoms with Crippen molar-refractivity contribution in [2.75, 3.05) is 11.1 Å². The van der Waals surface area contributed by atoms with Crippen molar-refractivity contribution >= 4 is 35.0 Å². The quantitative estimate of drug-likeness (QED) is 0.242.